The molecule has 0 atom stereocenters. The monoisotopic (exact) mass is 389 g/mol. The fraction of sp³-hybridized carbons (Fsp3) is 0.154. The Hall–Kier alpha value is -1.38. The van der Waals surface area contributed by atoms with Crippen molar-refractivity contribution in [2.24, 2.45) is 0 Å². The minimum Gasteiger partial charge on any atom is -0.477 e. The van der Waals surface area contributed by atoms with Crippen LogP contribution in [0.25, 0.3) is 0 Å². The lowest BCUT2D eigenvalue weighted by molar-refractivity contribution is 0.0698. The fourth-order valence-electron chi connectivity index (χ4n) is 1.83. The summed E-state index contributed by atoms with van der Waals surface area (Å²) in [5.41, 5.74) is 1.55. The maximum atomic E-state index is 12.5. The average Bonchev–Trinajstić information content (AvgIpc) is 2.78. The predicted octanol–water partition coefficient (Wildman–Crippen LogP) is 3.63. The molecule has 2 aromatic rings. The first-order chi connectivity index (χ1) is 9.74. The Bertz CT molecular complexity index is 812. The first-order valence-corrected chi connectivity index (χ1v) is 8.99. The van der Waals surface area contributed by atoms with Crippen LogP contribution in [0.15, 0.2) is 32.9 Å². The van der Waals surface area contributed by atoms with Gasteiger partial charge in [-0.15, -0.1) is 11.3 Å². The highest BCUT2D eigenvalue weighted by atomic mass is 79.9. The molecule has 2 N–H and O–H groups in total. The van der Waals surface area contributed by atoms with Gasteiger partial charge in [-0.25, -0.2) is 13.2 Å². The number of hydrogen-bond donors (Lipinski definition) is 2. The maximum absolute atomic E-state index is 12.5. The minimum absolute atomic E-state index is 0.181. The molecule has 0 saturated heterocycles. The number of aromatic carboxylic acids is 1. The molecule has 0 amide bonds. The van der Waals surface area contributed by atoms with Crippen LogP contribution in [0.4, 0.5) is 5.69 Å². The first kappa shape index (κ1) is 16.0. The number of carbonyl (C=O) groups is 1. The molecule has 0 radical (unpaired) electrons. The summed E-state index contributed by atoms with van der Waals surface area (Å²) in [6, 6.07) is 5.12. The van der Waals surface area contributed by atoms with Gasteiger partial charge in [0.1, 0.15) is 9.77 Å². The molecule has 0 bridgehead atoms. The summed E-state index contributed by atoms with van der Waals surface area (Å²) >= 11 is 4.23. The van der Waals surface area contributed by atoms with Crippen LogP contribution < -0.4 is 4.72 Å². The summed E-state index contributed by atoms with van der Waals surface area (Å²) in [5, 5.41) is 10.6. The Labute approximate surface area is 134 Å². The summed E-state index contributed by atoms with van der Waals surface area (Å²) < 4.78 is 28.2. The molecule has 0 aliphatic heterocycles. The van der Waals surface area contributed by atoms with Crippen LogP contribution in [-0.2, 0) is 10.0 Å². The third kappa shape index (κ3) is 3.12. The van der Waals surface area contributed by atoms with Gasteiger partial charge in [-0.2, -0.15) is 0 Å². The van der Waals surface area contributed by atoms with Crippen molar-refractivity contribution in [3.8, 4) is 0 Å². The zero-order valence-corrected chi connectivity index (χ0v) is 14.4. The van der Waals surface area contributed by atoms with Gasteiger partial charge in [0.2, 0.25) is 0 Å². The second kappa shape index (κ2) is 5.78. The topological polar surface area (TPSA) is 83.5 Å². The standard InChI is InChI=1S/C13H12BrNO4S2/c1-7-6-20-11(13(16)17)12(7)21(18,19)15-10-5-3-4-9(14)8(10)2/h3-6,15H,1-2H3,(H,16,17). The lowest BCUT2D eigenvalue weighted by atomic mass is 10.2. The lowest BCUT2D eigenvalue weighted by Crippen LogP contribution is -2.17. The van der Waals surface area contributed by atoms with E-state index in [1.165, 1.54) is 5.38 Å². The minimum atomic E-state index is -3.96. The highest BCUT2D eigenvalue weighted by molar-refractivity contribution is 9.10. The third-order valence-corrected chi connectivity index (χ3v) is 6.52. The smallest absolute Gasteiger partial charge is 0.347 e. The molecule has 0 saturated carbocycles. The molecule has 2 rings (SSSR count). The van der Waals surface area contributed by atoms with E-state index in [2.05, 4.69) is 20.7 Å². The van der Waals surface area contributed by atoms with E-state index < -0.39 is 16.0 Å². The number of carboxylic acids is 1. The van der Waals surface area contributed by atoms with Gasteiger partial charge in [0.25, 0.3) is 10.0 Å². The summed E-state index contributed by atoms with van der Waals surface area (Å²) in [6.07, 6.45) is 0. The summed E-state index contributed by atoms with van der Waals surface area (Å²) in [5.74, 6) is -1.25. The molecule has 5 nitrogen and oxygen atoms in total. The molecule has 112 valence electrons. The Morgan fingerprint density at radius 3 is 2.62 bits per heavy atom. The fourth-order valence-corrected chi connectivity index (χ4v) is 4.95. The molecular formula is C13H12BrNO4S2. The van der Waals surface area contributed by atoms with E-state index in [1.54, 1.807) is 32.0 Å². The molecule has 0 aliphatic carbocycles. The second-order valence-electron chi connectivity index (χ2n) is 4.40. The number of nitrogens with one attached hydrogen (secondary N) is 1. The molecular weight excluding hydrogens is 378 g/mol. The molecule has 1 heterocycles. The van der Waals surface area contributed by atoms with Gasteiger partial charge >= 0.3 is 5.97 Å². The number of halogens is 1. The van der Waals surface area contributed by atoms with Crippen molar-refractivity contribution < 1.29 is 18.3 Å². The number of sulfonamides is 1. The molecule has 0 unspecified atom stereocenters. The van der Waals surface area contributed by atoms with E-state index in [9.17, 15) is 13.2 Å². The second-order valence-corrected chi connectivity index (χ2v) is 7.75. The van der Waals surface area contributed by atoms with E-state index in [0.717, 1.165) is 21.4 Å². The third-order valence-electron chi connectivity index (χ3n) is 2.89. The van der Waals surface area contributed by atoms with Crippen molar-refractivity contribution in [3.63, 3.8) is 0 Å². The van der Waals surface area contributed by atoms with Crippen molar-refractivity contribution in [2.45, 2.75) is 18.7 Å². The number of benzene rings is 1. The maximum Gasteiger partial charge on any atom is 0.347 e. The Kier molecular flexibility index (Phi) is 4.40. The highest BCUT2D eigenvalue weighted by Gasteiger charge is 2.27. The van der Waals surface area contributed by atoms with E-state index >= 15 is 0 Å². The van der Waals surface area contributed by atoms with Crippen LogP contribution in [0, 0.1) is 13.8 Å². The zero-order chi connectivity index (χ0) is 15.8. The SMILES string of the molecule is Cc1csc(C(=O)O)c1S(=O)(=O)Nc1cccc(Br)c1C. The highest BCUT2D eigenvalue weighted by Crippen LogP contribution is 2.30. The molecule has 0 aliphatic rings. The molecule has 1 aromatic heterocycles. The normalized spacial score (nSPS) is 11.4. The number of thiophene rings is 1. The van der Waals surface area contributed by atoms with Crippen LogP contribution in [0.2, 0.25) is 0 Å². The van der Waals surface area contributed by atoms with E-state index in [0.29, 0.717) is 11.3 Å². The van der Waals surface area contributed by atoms with E-state index in [1.807, 2.05) is 0 Å². The van der Waals surface area contributed by atoms with Gasteiger partial charge in [0.15, 0.2) is 0 Å². The molecule has 21 heavy (non-hydrogen) atoms. The van der Waals surface area contributed by atoms with Gasteiger partial charge in [-0.1, -0.05) is 22.0 Å². The van der Waals surface area contributed by atoms with Gasteiger partial charge in [-0.3, -0.25) is 4.72 Å². The number of rotatable bonds is 4. The predicted molar refractivity (Wildman–Crippen MR) is 85.7 cm³/mol. The van der Waals surface area contributed by atoms with Gasteiger partial charge in [-0.05, 0) is 42.5 Å². The number of hydrogen-bond acceptors (Lipinski definition) is 4. The molecule has 0 fully saturated rings. The van der Waals surface area contributed by atoms with E-state index in [-0.39, 0.29) is 9.77 Å². The van der Waals surface area contributed by atoms with Crippen molar-refractivity contribution in [3.05, 3.63) is 44.1 Å². The molecule has 0 spiro atoms. The van der Waals surface area contributed by atoms with Crippen LogP contribution in [0.3, 0.4) is 0 Å². The van der Waals surface area contributed by atoms with Crippen molar-refractivity contribution in [1.29, 1.82) is 0 Å². The van der Waals surface area contributed by atoms with Crippen LogP contribution in [0.1, 0.15) is 20.8 Å². The Morgan fingerprint density at radius 1 is 1.33 bits per heavy atom. The Balaban J connectivity index is 2.51. The molecule has 1 aromatic carbocycles. The van der Waals surface area contributed by atoms with Gasteiger partial charge in [0, 0.05) is 4.47 Å². The zero-order valence-electron chi connectivity index (χ0n) is 11.2. The van der Waals surface area contributed by atoms with Gasteiger partial charge < -0.3 is 5.11 Å². The van der Waals surface area contributed by atoms with Crippen molar-refractivity contribution >= 4 is 48.9 Å². The molecule has 8 heteroatoms. The van der Waals surface area contributed by atoms with Crippen LogP contribution in [-0.4, -0.2) is 19.5 Å². The average molecular weight is 390 g/mol. The van der Waals surface area contributed by atoms with Crippen LogP contribution >= 0.6 is 27.3 Å². The lowest BCUT2D eigenvalue weighted by Gasteiger charge is -2.12. The summed E-state index contributed by atoms with van der Waals surface area (Å²) in [6.45, 7) is 3.34. The number of carboxylic acid groups (broad SMARTS) is 1. The van der Waals surface area contributed by atoms with Crippen molar-refractivity contribution in [2.75, 3.05) is 4.72 Å². The van der Waals surface area contributed by atoms with Crippen LogP contribution in [0.5, 0.6) is 0 Å². The summed E-state index contributed by atoms with van der Waals surface area (Å²) in [7, 11) is -3.96. The number of anilines is 1. The first-order valence-electron chi connectivity index (χ1n) is 5.83. The quantitative estimate of drug-likeness (QED) is 0.835. The largest absolute Gasteiger partial charge is 0.477 e. The van der Waals surface area contributed by atoms with Gasteiger partial charge in [0.05, 0.1) is 5.69 Å². The van der Waals surface area contributed by atoms with Crippen molar-refractivity contribution in [1.82, 2.24) is 0 Å². The Morgan fingerprint density at radius 2 is 2.00 bits per heavy atom. The van der Waals surface area contributed by atoms with E-state index in [4.69, 9.17) is 5.11 Å². The number of aryl methyl sites for hydroxylation is 1. The summed E-state index contributed by atoms with van der Waals surface area (Å²) in [4.78, 5) is 10.8.